The summed E-state index contributed by atoms with van der Waals surface area (Å²) in [7, 11) is 1.60. The summed E-state index contributed by atoms with van der Waals surface area (Å²) < 4.78 is 16.0. The minimum atomic E-state index is -0.187. The van der Waals surface area contributed by atoms with Gasteiger partial charge < -0.3 is 19.2 Å². The van der Waals surface area contributed by atoms with E-state index in [9.17, 15) is 4.79 Å². The van der Waals surface area contributed by atoms with Crippen molar-refractivity contribution in [2.75, 3.05) is 7.11 Å². The van der Waals surface area contributed by atoms with Crippen molar-refractivity contribution in [1.29, 1.82) is 0 Å². The molecule has 1 saturated carbocycles. The lowest BCUT2D eigenvalue weighted by atomic mass is 10.2. The molecule has 1 aromatic heterocycles. The molecular formula is C17H20N2O4. The minimum Gasteiger partial charge on any atom is -0.497 e. The van der Waals surface area contributed by atoms with Crippen molar-refractivity contribution in [3.8, 4) is 11.5 Å². The monoisotopic (exact) mass is 316 g/mol. The van der Waals surface area contributed by atoms with Crippen molar-refractivity contribution in [2.24, 2.45) is 0 Å². The van der Waals surface area contributed by atoms with Gasteiger partial charge >= 0.3 is 0 Å². The van der Waals surface area contributed by atoms with Crippen molar-refractivity contribution in [2.45, 2.75) is 38.3 Å². The Morgan fingerprint density at radius 3 is 2.91 bits per heavy atom. The van der Waals surface area contributed by atoms with Gasteiger partial charge in [0.25, 0.3) is 5.91 Å². The zero-order valence-electron chi connectivity index (χ0n) is 13.1. The average Bonchev–Trinajstić information content (AvgIpc) is 3.24. The molecule has 23 heavy (non-hydrogen) atoms. The third kappa shape index (κ3) is 4.03. The van der Waals surface area contributed by atoms with Gasteiger partial charge in [-0.05, 0) is 25.0 Å². The highest BCUT2D eigenvalue weighted by atomic mass is 16.5. The summed E-state index contributed by atoms with van der Waals surface area (Å²) in [6, 6.07) is 7.53. The first kappa shape index (κ1) is 15.4. The largest absolute Gasteiger partial charge is 0.497 e. The number of ether oxygens (including phenoxy) is 2. The summed E-state index contributed by atoms with van der Waals surface area (Å²) in [6.45, 7) is 0.157. The Morgan fingerprint density at radius 1 is 1.35 bits per heavy atom. The van der Waals surface area contributed by atoms with Crippen LogP contribution < -0.4 is 14.8 Å². The van der Waals surface area contributed by atoms with E-state index in [1.807, 2.05) is 18.2 Å². The quantitative estimate of drug-likeness (QED) is 0.887. The van der Waals surface area contributed by atoms with Gasteiger partial charge in [-0.15, -0.1) is 0 Å². The van der Waals surface area contributed by atoms with Crippen LogP contribution in [-0.2, 0) is 6.61 Å². The summed E-state index contributed by atoms with van der Waals surface area (Å²) in [5.41, 5.74) is 0.293. The second-order valence-corrected chi connectivity index (χ2v) is 5.55. The van der Waals surface area contributed by atoms with Crippen LogP contribution in [0, 0.1) is 0 Å². The molecule has 0 bridgehead atoms. The molecule has 0 saturated heterocycles. The highest BCUT2D eigenvalue weighted by Gasteiger charge is 2.20. The molecule has 0 aliphatic heterocycles. The van der Waals surface area contributed by atoms with E-state index in [-0.39, 0.29) is 18.6 Å². The van der Waals surface area contributed by atoms with Crippen LogP contribution in [0.3, 0.4) is 0 Å². The van der Waals surface area contributed by atoms with Crippen molar-refractivity contribution in [3.05, 3.63) is 42.1 Å². The Bertz CT molecular complexity index is 662. The number of rotatable bonds is 6. The maximum absolute atomic E-state index is 12.1. The standard InChI is InChI=1S/C17H20N2O4/c1-21-13-7-4-8-14(9-13)22-11-16-19-15(10-23-16)17(20)18-12-5-2-3-6-12/h4,7-10,12H,2-3,5-6,11H2,1H3,(H,18,20). The molecule has 0 atom stereocenters. The van der Waals surface area contributed by atoms with Gasteiger partial charge in [-0.2, -0.15) is 0 Å². The molecule has 1 aromatic carbocycles. The van der Waals surface area contributed by atoms with Gasteiger partial charge in [0.1, 0.15) is 17.8 Å². The molecule has 1 fully saturated rings. The normalized spacial score (nSPS) is 14.7. The van der Waals surface area contributed by atoms with Gasteiger partial charge in [0, 0.05) is 12.1 Å². The number of amides is 1. The molecule has 1 amide bonds. The molecule has 6 nitrogen and oxygen atoms in total. The highest BCUT2D eigenvalue weighted by Crippen LogP contribution is 2.20. The first-order chi connectivity index (χ1) is 11.2. The summed E-state index contributed by atoms with van der Waals surface area (Å²) in [6.07, 6.45) is 5.78. The van der Waals surface area contributed by atoms with Gasteiger partial charge in [-0.25, -0.2) is 4.98 Å². The van der Waals surface area contributed by atoms with E-state index in [1.54, 1.807) is 13.2 Å². The third-order valence-corrected chi connectivity index (χ3v) is 3.88. The molecule has 3 rings (SSSR count). The van der Waals surface area contributed by atoms with Crippen LogP contribution in [0.4, 0.5) is 0 Å². The Morgan fingerprint density at radius 2 is 2.13 bits per heavy atom. The van der Waals surface area contributed by atoms with E-state index < -0.39 is 0 Å². The van der Waals surface area contributed by atoms with Gasteiger partial charge in [-0.1, -0.05) is 18.9 Å². The first-order valence-corrected chi connectivity index (χ1v) is 7.77. The van der Waals surface area contributed by atoms with E-state index in [4.69, 9.17) is 13.9 Å². The summed E-state index contributed by atoms with van der Waals surface area (Å²) in [5.74, 6) is 1.55. The number of hydrogen-bond acceptors (Lipinski definition) is 5. The lowest BCUT2D eigenvalue weighted by molar-refractivity contribution is 0.0932. The molecular weight excluding hydrogens is 296 g/mol. The fourth-order valence-corrected chi connectivity index (χ4v) is 2.65. The molecule has 6 heteroatoms. The van der Waals surface area contributed by atoms with Crippen LogP contribution in [-0.4, -0.2) is 24.0 Å². The SMILES string of the molecule is COc1cccc(OCc2nc(C(=O)NC3CCCC3)co2)c1. The molecule has 0 spiro atoms. The maximum atomic E-state index is 12.1. The number of aromatic nitrogens is 1. The van der Waals surface area contributed by atoms with Crippen LogP contribution in [0.1, 0.15) is 42.1 Å². The van der Waals surface area contributed by atoms with Gasteiger partial charge in [0.15, 0.2) is 12.3 Å². The molecule has 1 aliphatic carbocycles. The second kappa shape index (κ2) is 7.17. The molecule has 122 valence electrons. The van der Waals surface area contributed by atoms with E-state index in [0.29, 0.717) is 23.1 Å². The van der Waals surface area contributed by atoms with Crippen molar-refractivity contribution < 1.29 is 18.7 Å². The molecule has 0 unspecified atom stereocenters. The summed E-state index contributed by atoms with van der Waals surface area (Å²) >= 11 is 0. The lowest BCUT2D eigenvalue weighted by Crippen LogP contribution is -2.32. The number of methoxy groups -OCH3 is 1. The number of nitrogens with one attached hydrogen (secondary N) is 1. The molecule has 0 radical (unpaired) electrons. The minimum absolute atomic E-state index is 0.157. The fourth-order valence-electron chi connectivity index (χ4n) is 2.65. The number of carbonyl (C=O) groups is 1. The van der Waals surface area contributed by atoms with Crippen molar-refractivity contribution in [3.63, 3.8) is 0 Å². The Labute approximate surface area is 134 Å². The van der Waals surface area contributed by atoms with E-state index in [1.165, 1.54) is 19.1 Å². The zero-order chi connectivity index (χ0) is 16.1. The van der Waals surface area contributed by atoms with Gasteiger partial charge in [0.2, 0.25) is 5.89 Å². The van der Waals surface area contributed by atoms with Crippen LogP contribution in [0.2, 0.25) is 0 Å². The van der Waals surface area contributed by atoms with E-state index in [2.05, 4.69) is 10.3 Å². The van der Waals surface area contributed by atoms with Gasteiger partial charge in [0.05, 0.1) is 7.11 Å². The zero-order valence-corrected chi connectivity index (χ0v) is 13.1. The van der Waals surface area contributed by atoms with Crippen molar-refractivity contribution >= 4 is 5.91 Å². The van der Waals surface area contributed by atoms with Crippen LogP contribution in [0.15, 0.2) is 34.9 Å². The topological polar surface area (TPSA) is 73.6 Å². The molecule has 2 aromatic rings. The first-order valence-electron chi connectivity index (χ1n) is 7.77. The fraction of sp³-hybridized carbons (Fsp3) is 0.412. The number of benzene rings is 1. The second-order valence-electron chi connectivity index (χ2n) is 5.55. The molecule has 1 aliphatic rings. The van der Waals surface area contributed by atoms with E-state index in [0.717, 1.165) is 12.8 Å². The molecule has 1 N–H and O–H groups in total. The Hall–Kier alpha value is -2.50. The van der Waals surface area contributed by atoms with Crippen LogP contribution in [0.5, 0.6) is 11.5 Å². The van der Waals surface area contributed by atoms with Gasteiger partial charge in [-0.3, -0.25) is 4.79 Å². The van der Waals surface area contributed by atoms with Crippen molar-refractivity contribution in [1.82, 2.24) is 10.3 Å². The highest BCUT2D eigenvalue weighted by molar-refractivity contribution is 5.92. The van der Waals surface area contributed by atoms with E-state index >= 15 is 0 Å². The maximum Gasteiger partial charge on any atom is 0.273 e. The Kier molecular flexibility index (Phi) is 4.80. The third-order valence-electron chi connectivity index (χ3n) is 3.88. The summed E-state index contributed by atoms with van der Waals surface area (Å²) in [4.78, 5) is 16.3. The van der Waals surface area contributed by atoms with Crippen LogP contribution in [0.25, 0.3) is 0 Å². The number of oxazole rings is 1. The molecule has 1 heterocycles. The predicted molar refractivity (Wildman–Crippen MR) is 83.6 cm³/mol. The number of hydrogen-bond donors (Lipinski definition) is 1. The van der Waals surface area contributed by atoms with Crippen LogP contribution >= 0.6 is 0 Å². The summed E-state index contributed by atoms with van der Waals surface area (Å²) in [5, 5.41) is 2.98. The lowest BCUT2D eigenvalue weighted by Gasteiger charge is -2.09. The average molecular weight is 316 g/mol. The number of nitrogens with zero attached hydrogens (tertiary/aromatic N) is 1. The predicted octanol–water partition coefficient (Wildman–Crippen LogP) is 2.93. The Balaban J connectivity index is 1.55. The smallest absolute Gasteiger partial charge is 0.273 e. The number of carbonyl (C=O) groups excluding carboxylic acids is 1.